The Hall–Kier alpha value is -2.33. The maximum atomic E-state index is 12.1. The Labute approximate surface area is 140 Å². The Morgan fingerprint density at radius 1 is 1.00 bits per heavy atom. The largest absolute Gasteiger partial charge is 0.324 e. The second kappa shape index (κ2) is 7.79. The number of amides is 1. The summed E-state index contributed by atoms with van der Waals surface area (Å²) in [5.41, 5.74) is 1.62. The number of fused-ring (bicyclic) bond motifs is 1. The second-order valence-corrected chi connectivity index (χ2v) is 6.36. The molecular weight excluding hydrogens is 304 g/mol. The van der Waals surface area contributed by atoms with Crippen LogP contribution in [-0.4, -0.2) is 16.6 Å². The second-order valence-electron chi connectivity index (χ2n) is 5.19. The molecule has 2 aromatic carbocycles. The van der Waals surface area contributed by atoms with Gasteiger partial charge in [-0.3, -0.25) is 9.78 Å². The van der Waals surface area contributed by atoms with Gasteiger partial charge < -0.3 is 5.32 Å². The van der Waals surface area contributed by atoms with Crippen LogP contribution in [0.25, 0.3) is 10.9 Å². The highest BCUT2D eigenvalue weighted by atomic mass is 32.2. The molecule has 0 spiro atoms. The molecule has 0 atom stereocenters. The molecule has 0 saturated heterocycles. The molecule has 0 radical (unpaired) electrons. The van der Waals surface area contributed by atoms with Crippen molar-refractivity contribution in [2.75, 3.05) is 11.1 Å². The summed E-state index contributed by atoms with van der Waals surface area (Å²) in [6.45, 7) is 0. The van der Waals surface area contributed by atoms with Crippen LogP contribution in [-0.2, 0) is 4.79 Å². The standard InChI is InChI=1S/C19H18N2OS/c22-18(12-6-14-23-16-9-2-1-3-10-16)21-17-11-4-7-15-8-5-13-20-19(15)17/h1-5,7-11,13H,6,12,14H2,(H,21,22). The number of carbonyl (C=O) groups is 1. The van der Waals surface area contributed by atoms with E-state index in [1.807, 2.05) is 48.5 Å². The van der Waals surface area contributed by atoms with Gasteiger partial charge in [-0.05, 0) is 36.4 Å². The smallest absolute Gasteiger partial charge is 0.224 e. The van der Waals surface area contributed by atoms with Crippen molar-refractivity contribution in [1.29, 1.82) is 0 Å². The molecule has 0 aliphatic carbocycles. The fourth-order valence-electron chi connectivity index (χ4n) is 2.36. The molecule has 1 N–H and O–H groups in total. The van der Waals surface area contributed by atoms with Crippen molar-refractivity contribution in [3.63, 3.8) is 0 Å². The normalized spacial score (nSPS) is 10.6. The molecule has 0 aliphatic rings. The molecule has 1 heterocycles. The van der Waals surface area contributed by atoms with Crippen LogP contribution in [0.1, 0.15) is 12.8 Å². The van der Waals surface area contributed by atoms with Crippen molar-refractivity contribution in [2.45, 2.75) is 17.7 Å². The Kier molecular flexibility index (Phi) is 5.27. The zero-order chi connectivity index (χ0) is 15.9. The van der Waals surface area contributed by atoms with Gasteiger partial charge in [0, 0.05) is 22.9 Å². The molecule has 4 heteroatoms. The average molecular weight is 322 g/mol. The van der Waals surface area contributed by atoms with Gasteiger partial charge in [-0.1, -0.05) is 36.4 Å². The van der Waals surface area contributed by atoms with Crippen molar-refractivity contribution < 1.29 is 4.79 Å². The van der Waals surface area contributed by atoms with Crippen LogP contribution in [0.15, 0.2) is 71.8 Å². The first-order valence-corrected chi connectivity index (χ1v) is 8.63. The van der Waals surface area contributed by atoms with Crippen molar-refractivity contribution in [3.05, 3.63) is 66.9 Å². The van der Waals surface area contributed by atoms with Gasteiger partial charge in [-0.15, -0.1) is 11.8 Å². The molecule has 0 unspecified atom stereocenters. The molecular formula is C19H18N2OS. The number of aromatic nitrogens is 1. The third kappa shape index (κ3) is 4.33. The molecule has 3 rings (SSSR count). The van der Waals surface area contributed by atoms with Gasteiger partial charge in [-0.25, -0.2) is 0 Å². The number of anilines is 1. The number of thioether (sulfide) groups is 1. The molecule has 23 heavy (non-hydrogen) atoms. The van der Waals surface area contributed by atoms with Crippen LogP contribution in [0.3, 0.4) is 0 Å². The minimum atomic E-state index is 0.0387. The van der Waals surface area contributed by atoms with E-state index in [1.165, 1.54) is 4.90 Å². The summed E-state index contributed by atoms with van der Waals surface area (Å²) in [5.74, 6) is 0.974. The topological polar surface area (TPSA) is 42.0 Å². The monoisotopic (exact) mass is 322 g/mol. The van der Waals surface area contributed by atoms with Gasteiger partial charge in [0.2, 0.25) is 5.91 Å². The fraction of sp³-hybridized carbons (Fsp3) is 0.158. The van der Waals surface area contributed by atoms with Gasteiger partial charge in [0.15, 0.2) is 0 Å². The Bertz CT molecular complexity index is 784. The minimum Gasteiger partial charge on any atom is -0.324 e. The highest BCUT2D eigenvalue weighted by molar-refractivity contribution is 7.99. The molecule has 0 bridgehead atoms. The summed E-state index contributed by atoms with van der Waals surface area (Å²) < 4.78 is 0. The van der Waals surface area contributed by atoms with Crippen LogP contribution in [0.4, 0.5) is 5.69 Å². The van der Waals surface area contributed by atoms with Crippen LogP contribution >= 0.6 is 11.8 Å². The number of hydrogen-bond acceptors (Lipinski definition) is 3. The first-order valence-electron chi connectivity index (χ1n) is 7.64. The molecule has 3 aromatic rings. The summed E-state index contributed by atoms with van der Waals surface area (Å²) in [6.07, 6.45) is 3.11. The average Bonchev–Trinajstić information content (AvgIpc) is 2.60. The van der Waals surface area contributed by atoms with E-state index in [9.17, 15) is 4.79 Å². The number of carbonyl (C=O) groups excluding carboxylic acids is 1. The van der Waals surface area contributed by atoms with Gasteiger partial charge >= 0.3 is 0 Å². The predicted octanol–water partition coefficient (Wildman–Crippen LogP) is 4.75. The van der Waals surface area contributed by atoms with Crippen LogP contribution in [0.5, 0.6) is 0 Å². The van der Waals surface area contributed by atoms with Gasteiger partial charge in [0.25, 0.3) is 0 Å². The summed E-state index contributed by atoms with van der Waals surface area (Å²) >= 11 is 1.78. The third-order valence-electron chi connectivity index (χ3n) is 3.47. The minimum absolute atomic E-state index is 0.0387. The maximum Gasteiger partial charge on any atom is 0.224 e. The van der Waals surface area contributed by atoms with Gasteiger partial charge in [-0.2, -0.15) is 0 Å². The Balaban J connectivity index is 1.51. The summed E-state index contributed by atoms with van der Waals surface area (Å²) in [5, 5.41) is 4.01. The molecule has 3 nitrogen and oxygen atoms in total. The number of pyridine rings is 1. The van der Waals surface area contributed by atoms with Crippen LogP contribution in [0.2, 0.25) is 0 Å². The third-order valence-corrected chi connectivity index (χ3v) is 4.57. The highest BCUT2D eigenvalue weighted by Crippen LogP contribution is 2.21. The Morgan fingerprint density at radius 3 is 2.70 bits per heavy atom. The van der Waals surface area contributed by atoms with E-state index in [1.54, 1.807) is 18.0 Å². The van der Waals surface area contributed by atoms with E-state index in [-0.39, 0.29) is 5.91 Å². The SMILES string of the molecule is O=C(CCCSc1ccccc1)Nc1cccc2cccnc12. The van der Waals surface area contributed by atoms with E-state index < -0.39 is 0 Å². The maximum absolute atomic E-state index is 12.1. The molecule has 1 amide bonds. The zero-order valence-corrected chi connectivity index (χ0v) is 13.6. The predicted molar refractivity (Wildman–Crippen MR) is 96.8 cm³/mol. The summed E-state index contributed by atoms with van der Waals surface area (Å²) in [7, 11) is 0. The lowest BCUT2D eigenvalue weighted by molar-refractivity contribution is -0.116. The van der Waals surface area contributed by atoms with E-state index >= 15 is 0 Å². The number of benzene rings is 2. The zero-order valence-electron chi connectivity index (χ0n) is 12.7. The van der Waals surface area contributed by atoms with E-state index in [0.29, 0.717) is 6.42 Å². The number of rotatable bonds is 6. The van der Waals surface area contributed by atoms with E-state index in [4.69, 9.17) is 0 Å². The van der Waals surface area contributed by atoms with E-state index in [2.05, 4.69) is 22.4 Å². The van der Waals surface area contributed by atoms with E-state index in [0.717, 1.165) is 28.8 Å². The molecule has 1 aromatic heterocycles. The number of para-hydroxylation sites is 1. The molecule has 116 valence electrons. The molecule has 0 saturated carbocycles. The molecule has 0 aliphatic heterocycles. The fourth-order valence-corrected chi connectivity index (χ4v) is 3.23. The lowest BCUT2D eigenvalue weighted by atomic mass is 10.2. The van der Waals surface area contributed by atoms with Crippen molar-refractivity contribution >= 4 is 34.3 Å². The lowest BCUT2D eigenvalue weighted by Gasteiger charge is -2.08. The van der Waals surface area contributed by atoms with Crippen LogP contribution < -0.4 is 5.32 Å². The first kappa shape index (κ1) is 15.6. The van der Waals surface area contributed by atoms with Crippen LogP contribution in [0, 0.1) is 0 Å². The molecule has 0 fully saturated rings. The number of nitrogens with zero attached hydrogens (tertiary/aromatic N) is 1. The quantitative estimate of drug-likeness (QED) is 0.526. The Morgan fingerprint density at radius 2 is 1.83 bits per heavy atom. The number of hydrogen-bond donors (Lipinski definition) is 1. The summed E-state index contributed by atoms with van der Waals surface area (Å²) in [6, 6.07) is 20.0. The lowest BCUT2D eigenvalue weighted by Crippen LogP contribution is -2.12. The first-order chi connectivity index (χ1) is 11.3. The highest BCUT2D eigenvalue weighted by Gasteiger charge is 2.06. The van der Waals surface area contributed by atoms with Gasteiger partial charge in [0.1, 0.15) is 0 Å². The van der Waals surface area contributed by atoms with Gasteiger partial charge in [0.05, 0.1) is 11.2 Å². The summed E-state index contributed by atoms with van der Waals surface area (Å²) in [4.78, 5) is 17.7. The van der Waals surface area contributed by atoms with Crippen molar-refractivity contribution in [1.82, 2.24) is 4.98 Å². The van der Waals surface area contributed by atoms with Crippen molar-refractivity contribution in [3.8, 4) is 0 Å². The van der Waals surface area contributed by atoms with Crippen molar-refractivity contribution in [2.24, 2.45) is 0 Å². The number of nitrogens with one attached hydrogen (secondary N) is 1.